The van der Waals surface area contributed by atoms with E-state index >= 15 is 0 Å². The lowest BCUT2D eigenvalue weighted by atomic mass is 10.1. The van der Waals surface area contributed by atoms with Crippen molar-refractivity contribution in [1.82, 2.24) is 4.90 Å². The summed E-state index contributed by atoms with van der Waals surface area (Å²) in [6, 6.07) is 4.40. The van der Waals surface area contributed by atoms with E-state index in [9.17, 15) is 4.79 Å². The van der Waals surface area contributed by atoms with Crippen LogP contribution in [0.3, 0.4) is 0 Å². The highest BCUT2D eigenvalue weighted by Crippen LogP contribution is 2.13. The first-order valence-corrected chi connectivity index (χ1v) is 7.38. The molecule has 0 saturated carbocycles. The number of hydrogen-bond acceptors (Lipinski definition) is 2. The summed E-state index contributed by atoms with van der Waals surface area (Å²) >= 11 is 1.66. The van der Waals surface area contributed by atoms with Crippen molar-refractivity contribution < 1.29 is 4.79 Å². The first-order chi connectivity index (χ1) is 8.19. The first-order valence-electron chi connectivity index (χ1n) is 6.50. The minimum absolute atomic E-state index is 0.273. The fraction of sp³-hybridized carbons (Fsp3) is 0.643. The predicted octanol–water partition coefficient (Wildman–Crippen LogP) is 3.72. The van der Waals surface area contributed by atoms with Crippen LogP contribution in [0.15, 0.2) is 17.5 Å². The van der Waals surface area contributed by atoms with Crippen LogP contribution < -0.4 is 0 Å². The summed E-state index contributed by atoms with van der Waals surface area (Å²) in [5.74, 6) is 0.273. The Morgan fingerprint density at radius 2 is 2.24 bits per heavy atom. The fourth-order valence-electron chi connectivity index (χ4n) is 1.80. The minimum Gasteiger partial charge on any atom is -0.340 e. The number of unbranched alkanes of at least 4 members (excludes halogenated alkanes) is 1. The third-order valence-corrected chi connectivity index (χ3v) is 3.98. The maximum atomic E-state index is 12.2. The number of amides is 1. The standard InChI is InChI=1S/C14H23NOS/c1-4-6-9-15(12(3)5-2)14(16)11-13-8-7-10-17-13/h7-8,10,12H,4-6,9,11H2,1-3H3. The predicted molar refractivity (Wildman–Crippen MR) is 74.4 cm³/mol. The zero-order valence-electron chi connectivity index (χ0n) is 11.1. The summed E-state index contributed by atoms with van der Waals surface area (Å²) in [6.45, 7) is 7.35. The summed E-state index contributed by atoms with van der Waals surface area (Å²) < 4.78 is 0. The number of carbonyl (C=O) groups excluding carboxylic acids is 1. The highest BCUT2D eigenvalue weighted by molar-refractivity contribution is 7.10. The van der Waals surface area contributed by atoms with Gasteiger partial charge in [-0.15, -0.1) is 11.3 Å². The smallest absolute Gasteiger partial charge is 0.228 e. The van der Waals surface area contributed by atoms with Gasteiger partial charge in [-0.25, -0.2) is 0 Å². The van der Waals surface area contributed by atoms with Gasteiger partial charge in [-0.2, -0.15) is 0 Å². The SMILES string of the molecule is CCCCN(C(=O)Cc1cccs1)C(C)CC. The van der Waals surface area contributed by atoms with E-state index in [-0.39, 0.29) is 5.91 Å². The molecule has 17 heavy (non-hydrogen) atoms. The van der Waals surface area contributed by atoms with Crippen LogP contribution in [-0.4, -0.2) is 23.4 Å². The summed E-state index contributed by atoms with van der Waals surface area (Å²) in [4.78, 5) is 15.5. The van der Waals surface area contributed by atoms with Gasteiger partial charge in [0.1, 0.15) is 0 Å². The molecule has 0 aliphatic carbocycles. The van der Waals surface area contributed by atoms with Crippen LogP contribution in [-0.2, 0) is 11.2 Å². The average Bonchev–Trinajstić information content (AvgIpc) is 2.81. The van der Waals surface area contributed by atoms with E-state index < -0.39 is 0 Å². The van der Waals surface area contributed by atoms with E-state index in [0.29, 0.717) is 12.5 Å². The minimum atomic E-state index is 0.273. The molecule has 1 heterocycles. The second-order valence-electron chi connectivity index (χ2n) is 4.45. The molecule has 0 aliphatic rings. The maximum absolute atomic E-state index is 12.2. The third-order valence-electron chi connectivity index (χ3n) is 3.10. The first kappa shape index (κ1) is 14.2. The van der Waals surface area contributed by atoms with Gasteiger partial charge in [0.25, 0.3) is 0 Å². The number of thiophene rings is 1. The second kappa shape index (κ2) is 7.49. The number of nitrogens with zero attached hydrogens (tertiary/aromatic N) is 1. The van der Waals surface area contributed by atoms with Crippen LogP contribution in [0.2, 0.25) is 0 Å². The molecule has 0 bridgehead atoms. The molecule has 0 saturated heterocycles. The monoisotopic (exact) mass is 253 g/mol. The van der Waals surface area contributed by atoms with Crippen LogP contribution in [0.4, 0.5) is 0 Å². The molecule has 1 unspecified atom stereocenters. The quantitative estimate of drug-likeness (QED) is 0.725. The molecule has 0 N–H and O–H groups in total. The van der Waals surface area contributed by atoms with Gasteiger partial charge in [0.2, 0.25) is 5.91 Å². The van der Waals surface area contributed by atoms with Crippen LogP contribution in [0.5, 0.6) is 0 Å². The van der Waals surface area contributed by atoms with E-state index in [2.05, 4.69) is 20.8 Å². The van der Waals surface area contributed by atoms with E-state index in [1.54, 1.807) is 11.3 Å². The Hall–Kier alpha value is -0.830. The van der Waals surface area contributed by atoms with E-state index in [4.69, 9.17) is 0 Å². The van der Waals surface area contributed by atoms with Crippen molar-refractivity contribution in [3.63, 3.8) is 0 Å². The second-order valence-corrected chi connectivity index (χ2v) is 5.49. The molecule has 1 aromatic rings. The maximum Gasteiger partial charge on any atom is 0.228 e. The zero-order valence-corrected chi connectivity index (χ0v) is 11.9. The van der Waals surface area contributed by atoms with Crippen LogP contribution >= 0.6 is 11.3 Å². The molecule has 1 amide bonds. The van der Waals surface area contributed by atoms with Crippen molar-refractivity contribution in [1.29, 1.82) is 0 Å². The Morgan fingerprint density at radius 1 is 1.47 bits per heavy atom. The van der Waals surface area contributed by atoms with Gasteiger partial charge in [0, 0.05) is 17.5 Å². The lowest BCUT2D eigenvalue weighted by molar-refractivity contribution is -0.132. The average molecular weight is 253 g/mol. The van der Waals surface area contributed by atoms with Gasteiger partial charge in [0.05, 0.1) is 6.42 Å². The van der Waals surface area contributed by atoms with Gasteiger partial charge in [0.15, 0.2) is 0 Å². The van der Waals surface area contributed by atoms with Crippen LogP contribution in [0.1, 0.15) is 44.9 Å². The molecular formula is C14H23NOS. The number of carbonyl (C=O) groups is 1. The van der Waals surface area contributed by atoms with Crippen LogP contribution in [0, 0.1) is 0 Å². The third kappa shape index (κ3) is 4.50. The zero-order chi connectivity index (χ0) is 12.7. The molecule has 1 aromatic heterocycles. The van der Waals surface area contributed by atoms with Crippen molar-refractivity contribution in [2.45, 2.75) is 52.5 Å². The van der Waals surface area contributed by atoms with E-state index in [0.717, 1.165) is 25.8 Å². The highest BCUT2D eigenvalue weighted by Gasteiger charge is 2.18. The highest BCUT2D eigenvalue weighted by atomic mass is 32.1. The molecule has 96 valence electrons. The molecule has 1 rings (SSSR count). The molecule has 1 atom stereocenters. The summed E-state index contributed by atoms with van der Waals surface area (Å²) in [7, 11) is 0. The topological polar surface area (TPSA) is 20.3 Å². The van der Waals surface area contributed by atoms with Gasteiger partial charge >= 0.3 is 0 Å². The van der Waals surface area contributed by atoms with E-state index in [1.165, 1.54) is 4.88 Å². The summed E-state index contributed by atoms with van der Waals surface area (Å²) in [5.41, 5.74) is 0. The molecule has 0 aromatic carbocycles. The summed E-state index contributed by atoms with van der Waals surface area (Å²) in [6.07, 6.45) is 3.82. The Balaban J connectivity index is 2.58. The Morgan fingerprint density at radius 3 is 2.76 bits per heavy atom. The molecule has 0 radical (unpaired) electrons. The van der Waals surface area contributed by atoms with Gasteiger partial charge < -0.3 is 4.90 Å². The van der Waals surface area contributed by atoms with E-state index in [1.807, 2.05) is 22.4 Å². The molecule has 3 heteroatoms. The Kier molecular flexibility index (Phi) is 6.27. The van der Waals surface area contributed by atoms with Crippen molar-refractivity contribution >= 4 is 17.2 Å². The normalized spacial score (nSPS) is 12.4. The van der Waals surface area contributed by atoms with Crippen molar-refractivity contribution in [3.8, 4) is 0 Å². The largest absolute Gasteiger partial charge is 0.340 e. The lowest BCUT2D eigenvalue weighted by Gasteiger charge is -2.28. The van der Waals surface area contributed by atoms with Crippen molar-refractivity contribution in [2.75, 3.05) is 6.54 Å². The number of rotatable bonds is 7. The van der Waals surface area contributed by atoms with Crippen LogP contribution in [0.25, 0.3) is 0 Å². The fourth-order valence-corrected chi connectivity index (χ4v) is 2.50. The molecule has 0 aliphatic heterocycles. The van der Waals surface area contributed by atoms with Crippen molar-refractivity contribution in [2.24, 2.45) is 0 Å². The van der Waals surface area contributed by atoms with Gasteiger partial charge in [-0.05, 0) is 31.2 Å². The number of hydrogen-bond donors (Lipinski definition) is 0. The molecule has 0 fully saturated rings. The van der Waals surface area contributed by atoms with Crippen molar-refractivity contribution in [3.05, 3.63) is 22.4 Å². The van der Waals surface area contributed by atoms with Gasteiger partial charge in [-0.1, -0.05) is 26.3 Å². The lowest BCUT2D eigenvalue weighted by Crippen LogP contribution is -2.39. The molecule has 2 nitrogen and oxygen atoms in total. The molecular weight excluding hydrogens is 230 g/mol. The Labute approximate surface area is 109 Å². The molecule has 0 spiro atoms. The summed E-state index contributed by atoms with van der Waals surface area (Å²) in [5, 5.41) is 2.03. The van der Waals surface area contributed by atoms with Gasteiger partial charge in [-0.3, -0.25) is 4.79 Å². The Bertz CT molecular complexity index is 321.